The Hall–Kier alpha value is -2.24. The van der Waals surface area contributed by atoms with Crippen molar-refractivity contribution in [1.82, 2.24) is 5.32 Å². The third-order valence-corrected chi connectivity index (χ3v) is 4.62. The molecule has 1 fully saturated rings. The summed E-state index contributed by atoms with van der Waals surface area (Å²) in [5.74, 6) is -3.77. The smallest absolute Gasteiger partial charge is 0.336 e. The van der Waals surface area contributed by atoms with E-state index in [2.05, 4.69) is 5.32 Å². The van der Waals surface area contributed by atoms with Crippen LogP contribution in [0.3, 0.4) is 0 Å². The van der Waals surface area contributed by atoms with E-state index in [0.717, 1.165) is 31.7 Å². The summed E-state index contributed by atoms with van der Waals surface area (Å²) in [5, 5.41) is 2.59. The molecule has 1 N–H and O–H groups in total. The Bertz CT molecular complexity index is 708. The summed E-state index contributed by atoms with van der Waals surface area (Å²) in [5.41, 5.74) is 0.538. The summed E-state index contributed by atoms with van der Waals surface area (Å²) in [4.78, 5) is 24.5. The van der Waals surface area contributed by atoms with Crippen molar-refractivity contribution in [2.45, 2.75) is 51.0 Å². The van der Waals surface area contributed by atoms with Crippen molar-refractivity contribution in [3.63, 3.8) is 0 Å². The molecule has 2 aliphatic rings. The Labute approximate surface area is 138 Å². The molecule has 0 saturated heterocycles. The molecule has 1 aromatic rings. The minimum atomic E-state index is -1.03. The predicted molar refractivity (Wildman–Crippen MR) is 82.9 cm³/mol. The van der Waals surface area contributed by atoms with Gasteiger partial charge < -0.3 is 10.1 Å². The molecule has 1 amide bonds. The summed E-state index contributed by atoms with van der Waals surface area (Å²) in [7, 11) is 0. The third kappa shape index (κ3) is 3.18. The second kappa shape index (κ2) is 6.71. The summed E-state index contributed by atoms with van der Waals surface area (Å²) in [6.45, 7) is 1.58. The number of carbonyl (C=O) groups is 2. The van der Waals surface area contributed by atoms with E-state index in [0.29, 0.717) is 5.70 Å². The molecule has 0 bridgehead atoms. The predicted octanol–water partition coefficient (Wildman–Crippen LogP) is 3.33. The lowest BCUT2D eigenvalue weighted by atomic mass is 9.84. The van der Waals surface area contributed by atoms with Gasteiger partial charge in [-0.15, -0.1) is 0 Å². The molecule has 1 aromatic carbocycles. The molecule has 1 aliphatic heterocycles. The second-order valence-corrected chi connectivity index (χ2v) is 6.30. The van der Waals surface area contributed by atoms with Crippen LogP contribution in [0.25, 0.3) is 0 Å². The number of halogens is 2. The first-order valence-electron chi connectivity index (χ1n) is 8.13. The molecule has 128 valence electrons. The molecule has 1 aliphatic carbocycles. The molecule has 1 heterocycles. The van der Waals surface area contributed by atoms with Gasteiger partial charge in [-0.3, -0.25) is 4.79 Å². The quantitative estimate of drug-likeness (QED) is 0.862. The Morgan fingerprint density at radius 3 is 2.67 bits per heavy atom. The van der Waals surface area contributed by atoms with Crippen LogP contribution in [0.2, 0.25) is 0 Å². The standard InChI is InChI=1S/C18H19F2NO3/c1-10-16(18(23)24-11-5-2-3-6-11)13(9-15(22)21-10)12-7-4-8-14(19)17(12)20/h4,7-8,11,13H,2-3,5-6,9H2,1H3,(H,21,22)/t13-/m1/s1. The molecule has 1 saturated carbocycles. The maximum atomic E-state index is 14.2. The van der Waals surface area contributed by atoms with Crippen LogP contribution in [0.1, 0.15) is 50.5 Å². The zero-order chi connectivity index (χ0) is 17.3. The number of nitrogens with one attached hydrogen (secondary N) is 1. The highest BCUT2D eigenvalue weighted by Crippen LogP contribution is 2.36. The number of carbonyl (C=O) groups excluding carboxylic acids is 2. The Morgan fingerprint density at radius 1 is 1.25 bits per heavy atom. The van der Waals surface area contributed by atoms with Crippen molar-refractivity contribution in [2.75, 3.05) is 0 Å². The summed E-state index contributed by atoms with van der Waals surface area (Å²) >= 11 is 0. The third-order valence-electron chi connectivity index (χ3n) is 4.62. The number of hydrogen-bond donors (Lipinski definition) is 1. The summed E-state index contributed by atoms with van der Waals surface area (Å²) in [6, 6.07) is 3.78. The van der Waals surface area contributed by atoms with Crippen LogP contribution >= 0.6 is 0 Å². The Morgan fingerprint density at radius 2 is 1.96 bits per heavy atom. The van der Waals surface area contributed by atoms with Gasteiger partial charge in [0.2, 0.25) is 5.91 Å². The van der Waals surface area contributed by atoms with Crippen molar-refractivity contribution in [3.8, 4) is 0 Å². The lowest BCUT2D eigenvalue weighted by molar-refractivity contribution is -0.144. The van der Waals surface area contributed by atoms with Crippen LogP contribution in [0.5, 0.6) is 0 Å². The number of hydrogen-bond acceptors (Lipinski definition) is 3. The fourth-order valence-electron chi connectivity index (χ4n) is 3.45. The first-order valence-corrected chi connectivity index (χ1v) is 8.13. The fraction of sp³-hybridized carbons (Fsp3) is 0.444. The van der Waals surface area contributed by atoms with E-state index >= 15 is 0 Å². The topological polar surface area (TPSA) is 55.4 Å². The van der Waals surface area contributed by atoms with Gasteiger partial charge in [-0.1, -0.05) is 12.1 Å². The van der Waals surface area contributed by atoms with Gasteiger partial charge in [0.1, 0.15) is 6.10 Å². The van der Waals surface area contributed by atoms with E-state index in [1.54, 1.807) is 6.92 Å². The van der Waals surface area contributed by atoms with Gasteiger partial charge in [0.05, 0.1) is 5.57 Å². The first-order chi connectivity index (χ1) is 11.5. The molecular weight excluding hydrogens is 316 g/mol. The van der Waals surface area contributed by atoms with E-state index in [1.165, 1.54) is 12.1 Å². The minimum absolute atomic E-state index is 0.00238. The SMILES string of the molecule is CC1=C(C(=O)OC2CCCC2)[C@@H](c2cccc(F)c2F)CC(=O)N1. The van der Waals surface area contributed by atoms with Gasteiger partial charge in [0.15, 0.2) is 11.6 Å². The number of benzene rings is 1. The number of rotatable bonds is 3. The average molecular weight is 335 g/mol. The van der Waals surface area contributed by atoms with Crippen LogP contribution in [0, 0.1) is 11.6 Å². The largest absolute Gasteiger partial charge is 0.459 e. The van der Waals surface area contributed by atoms with Crippen LogP contribution < -0.4 is 5.32 Å². The fourth-order valence-corrected chi connectivity index (χ4v) is 3.45. The molecule has 0 aromatic heterocycles. The summed E-state index contributed by atoms with van der Waals surface area (Å²) in [6.07, 6.45) is 3.37. The van der Waals surface area contributed by atoms with Gasteiger partial charge >= 0.3 is 5.97 Å². The zero-order valence-corrected chi connectivity index (χ0v) is 13.4. The van der Waals surface area contributed by atoms with Gasteiger partial charge in [0, 0.05) is 18.0 Å². The molecular formula is C18H19F2NO3. The Kier molecular flexibility index (Phi) is 4.64. The van der Waals surface area contributed by atoms with Crippen LogP contribution in [0.15, 0.2) is 29.5 Å². The molecule has 3 rings (SSSR count). The molecule has 24 heavy (non-hydrogen) atoms. The molecule has 6 heteroatoms. The van der Waals surface area contributed by atoms with E-state index in [9.17, 15) is 18.4 Å². The monoisotopic (exact) mass is 335 g/mol. The van der Waals surface area contributed by atoms with E-state index in [1.807, 2.05) is 0 Å². The lowest BCUT2D eigenvalue weighted by Crippen LogP contribution is -2.35. The zero-order valence-electron chi connectivity index (χ0n) is 13.4. The van der Waals surface area contributed by atoms with Crippen molar-refractivity contribution in [1.29, 1.82) is 0 Å². The molecule has 1 atom stereocenters. The van der Waals surface area contributed by atoms with Gasteiger partial charge in [-0.05, 0) is 44.2 Å². The number of esters is 1. The van der Waals surface area contributed by atoms with Crippen LogP contribution in [-0.4, -0.2) is 18.0 Å². The lowest BCUT2D eigenvalue weighted by Gasteiger charge is -2.27. The van der Waals surface area contributed by atoms with E-state index in [4.69, 9.17) is 4.74 Å². The number of ether oxygens (including phenoxy) is 1. The normalized spacial score (nSPS) is 21.8. The number of amides is 1. The first kappa shape index (κ1) is 16.6. The highest BCUT2D eigenvalue weighted by Gasteiger charge is 2.36. The van der Waals surface area contributed by atoms with Gasteiger partial charge in [0.25, 0.3) is 0 Å². The van der Waals surface area contributed by atoms with Crippen molar-refractivity contribution in [3.05, 3.63) is 46.7 Å². The van der Waals surface area contributed by atoms with Gasteiger partial charge in [-0.25, -0.2) is 13.6 Å². The van der Waals surface area contributed by atoms with Crippen LogP contribution in [-0.2, 0) is 14.3 Å². The molecule has 0 spiro atoms. The van der Waals surface area contributed by atoms with E-state index < -0.39 is 23.5 Å². The van der Waals surface area contributed by atoms with Crippen molar-refractivity contribution < 1.29 is 23.1 Å². The van der Waals surface area contributed by atoms with E-state index in [-0.39, 0.29) is 29.6 Å². The maximum Gasteiger partial charge on any atom is 0.336 e. The van der Waals surface area contributed by atoms with Gasteiger partial charge in [-0.2, -0.15) is 0 Å². The molecule has 0 radical (unpaired) electrons. The molecule has 0 unspecified atom stereocenters. The highest BCUT2D eigenvalue weighted by molar-refractivity contribution is 5.95. The van der Waals surface area contributed by atoms with Crippen molar-refractivity contribution in [2.24, 2.45) is 0 Å². The highest BCUT2D eigenvalue weighted by atomic mass is 19.2. The van der Waals surface area contributed by atoms with Crippen molar-refractivity contribution >= 4 is 11.9 Å². The summed E-state index contributed by atoms with van der Waals surface area (Å²) < 4.78 is 33.3. The Balaban J connectivity index is 1.95. The average Bonchev–Trinajstić information content (AvgIpc) is 3.02. The van der Waals surface area contributed by atoms with Crippen LogP contribution in [0.4, 0.5) is 8.78 Å². The maximum absolute atomic E-state index is 14.2. The minimum Gasteiger partial charge on any atom is -0.459 e. The second-order valence-electron chi connectivity index (χ2n) is 6.30. The molecule has 4 nitrogen and oxygen atoms in total. The number of allylic oxidation sites excluding steroid dienone is 1.